The molecule has 0 rings (SSSR count). The second-order valence-electron chi connectivity index (χ2n) is 10.4. The van der Waals surface area contributed by atoms with Crippen LogP contribution in [-0.4, -0.2) is 109 Å². The third kappa shape index (κ3) is 16.0. The summed E-state index contributed by atoms with van der Waals surface area (Å²) in [4.78, 5) is 74.7. The predicted molar refractivity (Wildman–Crippen MR) is 163 cm³/mol. The van der Waals surface area contributed by atoms with E-state index in [1.54, 1.807) is 14.1 Å². The van der Waals surface area contributed by atoms with Crippen molar-refractivity contribution in [1.82, 2.24) is 37.2 Å². The Bertz CT molecular complexity index is 982. The normalized spacial score (nSPS) is 13.8. The minimum Gasteiger partial charge on any atom is -0.480 e. The third-order valence-corrected chi connectivity index (χ3v) is 6.60. The smallest absolute Gasteiger partial charge is 0.326 e. The monoisotopic (exact) mass is 632 g/mol. The van der Waals surface area contributed by atoms with E-state index in [1.165, 1.54) is 13.8 Å². The van der Waals surface area contributed by atoms with E-state index in [0.29, 0.717) is 19.4 Å². The Morgan fingerprint density at radius 3 is 1.98 bits per heavy atom. The molecule has 0 aliphatic carbocycles. The first-order valence-electron chi connectivity index (χ1n) is 13.9. The summed E-state index contributed by atoms with van der Waals surface area (Å²) in [5, 5.41) is 35.3. The van der Waals surface area contributed by atoms with E-state index in [-0.39, 0.29) is 31.1 Å². The maximum atomic E-state index is 13.4. The second-order valence-corrected chi connectivity index (χ2v) is 10.7. The number of unbranched alkanes of at least 4 members (excludes halogenated alkanes) is 1. The highest BCUT2D eigenvalue weighted by Crippen LogP contribution is 2.09. The first-order valence-corrected chi connectivity index (χ1v) is 14.5. The van der Waals surface area contributed by atoms with Crippen molar-refractivity contribution in [3.63, 3.8) is 0 Å². The van der Waals surface area contributed by atoms with Crippen LogP contribution in [0.1, 0.15) is 52.4 Å². The zero-order valence-corrected chi connectivity index (χ0v) is 26.1. The predicted octanol–water partition coefficient (Wildman–Crippen LogP) is -3.53. The number of carbonyl (C=O) groups excluding carboxylic acids is 5. The average Bonchev–Trinajstić information content (AvgIpc) is 2.94. The van der Waals surface area contributed by atoms with Gasteiger partial charge in [0.05, 0.1) is 12.5 Å². The van der Waals surface area contributed by atoms with Crippen LogP contribution in [0.3, 0.4) is 0 Å². The fraction of sp³-hybridized carbons (Fsp3) is 0.720. The van der Waals surface area contributed by atoms with Crippen LogP contribution in [0, 0.1) is 5.41 Å². The molecule has 0 aliphatic rings. The number of carboxylic acids is 1. The molecule has 17 nitrogen and oxygen atoms in total. The topological polar surface area (TPSA) is 283 Å². The van der Waals surface area contributed by atoms with Gasteiger partial charge in [0.2, 0.25) is 29.5 Å². The largest absolute Gasteiger partial charge is 0.480 e. The molecule has 0 saturated carbocycles. The van der Waals surface area contributed by atoms with E-state index in [0.717, 1.165) is 6.42 Å². The van der Waals surface area contributed by atoms with Crippen LogP contribution in [-0.2, 0) is 28.8 Å². The molecule has 18 heteroatoms. The Kier molecular flexibility index (Phi) is 18.6. The summed E-state index contributed by atoms with van der Waals surface area (Å²) in [6, 6.07) is -4.75. The third-order valence-electron chi connectivity index (χ3n) is 6.20. The maximum Gasteiger partial charge on any atom is 0.326 e. The van der Waals surface area contributed by atoms with Crippen molar-refractivity contribution in [2.75, 3.05) is 32.9 Å². The van der Waals surface area contributed by atoms with Gasteiger partial charge in [-0.15, -0.1) is 0 Å². The van der Waals surface area contributed by atoms with Crippen LogP contribution in [0.2, 0.25) is 0 Å². The van der Waals surface area contributed by atoms with Gasteiger partial charge in [-0.1, -0.05) is 0 Å². The first kappa shape index (κ1) is 39.4. The number of nitrogens with two attached hydrogens (primary N) is 2. The molecule has 5 amide bonds. The van der Waals surface area contributed by atoms with Gasteiger partial charge in [-0.25, -0.2) is 4.79 Å². The number of rotatable bonds is 21. The number of primary amides is 1. The zero-order valence-electron chi connectivity index (χ0n) is 25.2. The molecule has 0 spiro atoms. The lowest BCUT2D eigenvalue weighted by atomic mass is 10.0. The fourth-order valence-electron chi connectivity index (χ4n) is 3.62. The fourth-order valence-corrected chi connectivity index (χ4v) is 3.79. The SMILES string of the molecule is CNCCCC[C@H](NC(=O)[C@@H](N)CS)C(=O)N[C@@H](CCCNC(=N)NC)C(=O)NC(C)(C)C(=O)N[C@@H](CC(N)=O)C(=O)O. The number of carbonyl (C=O) groups is 6. The number of nitrogens with one attached hydrogen (secondary N) is 8. The van der Waals surface area contributed by atoms with E-state index < -0.39 is 71.6 Å². The number of guanidine groups is 1. The summed E-state index contributed by atoms with van der Waals surface area (Å²) >= 11 is 4.02. The molecule has 246 valence electrons. The molecule has 0 aromatic heterocycles. The molecule has 0 heterocycles. The van der Waals surface area contributed by atoms with Crippen LogP contribution in [0.15, 0.2) is 0 Å². The van der Waals surface area contributed by atoms with Crippen molar-refractivity contribution >= 4 is 54.1 Å². The molecule has 0 saturated heterocycles. The molecule has 0 fully saturated rings. The van der Waals surface area contributed by atoms with Gasteiger partial charge in [0.15, 0.2) is 5.96 Å². The van der Waals surface area contributed by atoms with Gasteiger partial charge in [-0.05, 0) is 59.5 Å². The molecule has 0 aliphatic heterocycles. The van der Waals surface area contributed by atoms with E-state index in [9.17, 15) is 33.9 Å². The first-order chi connectivity index (χ1) is 20.1. The Balaban J connectivity index is 5.86. The Labute approximate surface area is 257 Å². The lowest BCUT2D eigenvalue weighted by molar-refractivity contribution is -0.144. The Hall–Kier alpha value is -3.64. The van der Waals surface area contributed by atoms with Crippen LogP contribution >= 0.6 is 12.6 Å². The average molecular weight is 633 g/mol. The van der Waals surface area contributed by atoms with Gasteiger partial charge >= 0.3 is 5.97 Å². The molecule has 0 aromatic rings. The molecular weight excluding hydrogens is 584 g/mol. The number of carboxylic acid groups (broad SMARTS) is 1. The van der Waals surface area contributed by atoms with E-state index >= 15 is 0 Å². The summed E-state index contributed by atoms with van der Waals surface area (Å²) in [5.41, 5.74) is 9.16. The highest BCUT2D eigenvalue weighted by atomic mass is 32.1. The molecule has 0 unspecified atom stereocenters. The molecule has 0 radical (unpaired) electrons. The minimum atomic E-state index is -1.67. The second kappa shape index (κ2) is 20.3. The Morgan fingerprint density at radius 1 is 0.860 bits per heavy atom. The van der Waals surface area contributed by atoms with Crippen LogP contribution in [0.4, 0.5) is 0 Å². The van der Waals surface area contributed by atoms with E-state index in [2.05, 4.69) is 49.8 Å². The van der Waals surface area contributed by atoms with Crippen molar-refractivity contribution in [1.29, 1.82) is 5.41 Å². The molecule has 4 atom stereocenters. The number of hydrogen-bond donors (Lipinski definition) is 12. The maximum absolute atomic E-state index is 13.4. The molecule has 43 heavy (non-hydrogen) atoms. The number of amides is 5. The van der Waals surface area contributed by atoms with Crippen molar-refractivity contribution < 1.29 is 33.9 Å². The van der Waals surface area contributed by atoms with Gasteiger partial charge in [-0.2, -0.15) is 12.6 Å². The molecular formula is C25H48N10O7S. The quantitative estimate of drug-likeness (QED) is 0.0255. The summed E-state index contributed by atoms with van der Waals surface area (Å²) in [5.74, 6) is -5.21. The van der Waals surface area contributed by atoms with Gasteiger partial charge in [0.1, 0.15) is 23.7 Å². The minimum absolute atomic E-state index is 0.0525. The summed E-state index contributed by atoms with van der Waals surface area (Å²) < 4.78 is 0. The number of thiol groups is 1. The van der Waals surface area contributed by atoms with Crippen LogP contribution < -0.4 is 48.7 Å². The lowest BCUT2D eigenvalue weighted by Crippen LogP contribution is -2.62. The van der Waals surface area contributed by atoms with Crippen molar-refractivity contribution in [3.05, 3.63) is 0 Å². The summed E-state index contributed by atoms with van der Waals surface area (Å²) in [6.07, 6.45) is 1.30. The summed E-state index contributed by atoms with van der Waals surface area (Å²) in [7, 11) is 3.34. The van der Waals surface area contributed by atoms with Crippen molar-refractivity contribution in [2.24, 2.45) is 11.5 Å². The van der Waals surface area contributed by atoms with Gasteiger partial charge in [-0.3, -0.25) is 29.4 Å². The molecule has 13 N–H and O–H groups in total. The standard InChI is InChI=1S/C25H48N10O7S/c1-25(2,23(42)34-17(22(40)41)12-18(27)36)35-21(39)16(9-7-11-31-24(28)30-4)33-20(38)15(8-5-6-10-29-3)32-19(37)14(26)13-43/h14-17,29,43H,5-13,26H2,1-4H3,(H2,27,36)(H,32,37)(H,33,38)(H,34,42)(H,35,39)(H,40,41)(H3,28,30,31)/t14-,15-,16-,17-/m0/s1. The van der Waals surface area contributed by atoms with E-state index in [4.69, 9.17) is 16.9 Å². The lowest BCUT2D eigenvalue weighted by Gasteiger charge is -2.30. The molecule has 0 bridgehead atoms. The summed E-state index contributed by atoms with van der Waals surface area (Å²) in [6.45, 7) is 3.61. The number of aliphatic carboxylic acids is 1. The highest BCUT2D eigenvalue weighted by molar-refractivity contribution is 7.80. The van der Waals surface area contributed by atoms with Gasteiger partial charge in [0.25, 0.3) is 0 Å². The van der Waals surface area contributed by atoms with Crippen molar-refractivity contribution in [2.45, 2.75) is 82.1 Å². The highest BCUT2D eigenvalue weighted by Gasteiger charge is 2.36. The van der Waals surface area contributed by atoms with Gasteiger partial charge in [0, 0.05) is 19.3 Å². The van der Waals surface area contributed by atoms with Gasteiger partial charge < -0.3 is 53.8 Å². The van der Waals surface area contributed by atoms with Crippen LogP contribution in [0.5, 0.6) is 0 Å². The zero-order chi connectivity index (χ0) is 33.2. The number of hydrogen-bond acceptors (Lipinski definition) is 10. The van der Waals surface area contributed by atoms with Crippen LogP contribution in [0.25, 0.3) is 0 Å². The van der Waals surface area contributed by atoms with E-state index in [1.807, 2.05) is 0 Å². The molecule has 0 aromatic carbocycles. The van der Waals surface area contributed by atoms with Crippen molar-refractivity contribution in [3.8, 4) is 0 Å². The Morgan fingerprint density at radius 2 is 1.44 bits per heavy atom.